The van der Waals surface area contributed by atoms with E-state index in [1.54, 1.807) is 0 Å². The number of carbonyl (C=O) groups is 1. The molecule has 3 rings (SSSR count). The molecule has 3 atom stereocenters. The maximum absolute atomic E-state index is 12.2. The fourth-order valence-corrected chi connectivity index (χ4v) is 4.29. The number of aryl methyl sites for hydroxylation is 1. The van der Waals surface area contributed by atoms with Crippen molar-refractivity contribution >= 4 is 5.97 Å². The molecule has 2 bridgehead atoms. The molecule has 0 amide bonds. The standard InChI is InChI=1S/C18H26NO2/c1-13-6-9-19(10-7-13)12-16(20)21-15-11-14-5-8-18(15,4)17(14,2)3/h6-7,9-10,14-15H,5,8,11-12H2,1-4H3/q+1/t14-,15+,18+/m0/s1. The summed E-state index contributed by atoms with van der Waals surface area (Å²) in [7, 11) is 0. The molecule has 0 aromatic carbocycles. The van der Waals surface area contributed by atoms with Crippen LogP contribution in [0, 0.1) is 23.7 Å². The molecule has 1 aromatic heterocycles. The van der Waals surface area contributed by atoms with Gasteiger partial charge in [0.1, 0.15) is 6.10 Å². The number of pyridine rings is 1. The van der Waals surface area contributed by atoms with Crippen LogP contribution in [0.25, 0.3) is 0 Å². The topological polar surface area (TPSA) is 30.2 Å². The molecule has 0 radical (unpaired) electrons. The van der Waals surface area contributed by atoms with Crippen molar-refractivity contribution in [3.8, 4) is 0 Å². The third-order valence-electron chi connectivity index (χ3n) is 6.36. The number of fused-ring (bicyclic) bond motifs is 2. The molecule has 0 saturated heterocycles. The Labute approximate surface area is 127 Å². The minimum absolute atomic E-state index is 0.0878. The second kappa shape index (κ2) is 4.82. The van der Waals surface area contributed by atoms with Crippen LogP contribution < -0.4 is 4.57 Å². The van der Waals surface area contributed by atoms with Crippen molar-refractivity contribution < 1.29 is 14.1 Å². The predicted octanol–water partition coefficient (Wildman–Crippen LogP) is 3.04. The summed E-state index contributed by atoms with van der Waals surface area (Å²) < 4.78 is 7.74. The van der Waals surface area contributed by atoms with E-state index in [2.05, 4.69) is 20.8 Å². The Morgan fingerprint density at radius 2 is 2.00 bits per heavy atom. The summed E-state index contributed by atoms with van der Waals surface area (Å²) >= 11 is 0. The summed E-state index contributed by atoms with van der Waals surface area (Å²) in [6, 6.07) is 4.02. The van der Waals surface area contributed by atoms with Gasteiger partial charge in [-0.15, -0.1) is 0 Å². The van der Waals surface area contributed by atoms with Crippen molar-refractivity contribution in [2.45, 2.75) is 59.6 Å². The van der Waals surface area contributed by atoms with Gasteiger partial charge in [0.2, 0.25) is 6.54 Å². The molecule has 2 fully saturated rings. The van der Waals surface area contributed by atoms with Gasteiger partial charge in [-0.05, 0) is 43.1 Å². The van der Waals surface area contributed by atoms with Crippen molar-refractivity contribution in [2.75, 3.05) is 0 Å². The highest BCUT2D eigenvalue weighted by Crippen LogP contribution is 2.66. The van der Waals surface area contributed by atoms with Crippen LogP contribution in [-0.2, 0) is 16.1 Å². The largest absolute Gasteiger partial charge is 0.457 e. The first-order chi connectivity index (χ1) is 9.83. The highest BCUT2D eigenvalue weighted by atomic mass is 16.5. The minimum Gasteiger partial charge on any atom is -0.457 e. The van der Waals surface area contributed by atoms with Crippen molar-refractivity contribution in [1.82, 2.24) is 0 Å². The van der Waals surface area contributed by atoms with E-state index in [-0.39, 0.29) is 22.9 Å². The van der Waals surface area contributed by atoms with Gasteiger partial charge < -0.3 is 4.74 Å². The summed E-state index contributed by atoms with van der Waals surface area (Å²) in [4.78, 5) is 12.2. The molecule has 2 saturated carbocycles. The van der Waals surface area contributed by atoms with Gasteiger partial charge in [-0.2, -0.15) is 4.57 Å². The Balaban J connectivity index is 1.65. The fourth-order valence-electron chi connectivity index (χ4n) is 4.29. The lowest BCUT2D eigenvalue weighted by atomic mass is 9.70. The molecule has 0 aliphatic heterocycles. The monoisotopic (exact) mass is 288 g/mol. The zero-order valence-electron chi connectivity index (χ0n) is 13.6. The molecule has 1 heterocycles. The summed E-state index contributed by atoms with van der Waals surface area (Å²) in [5.74, 6) is 0.589. The molecule has 0 spiro atoms. The van der Waals surface area contributed by atoms with Crippen LogP contribution in [0.2, 0.25) is 0 Å². The molecule has 1 aromatic rings. The van der Waals surface area contributed by atoms with Crippen molar-refractivity contribution in [3.05, 3.63) is 30.1 Å². The first kappa shape index (κ1) is 14.6. The lowest BCUT2D eigenvalue weighted by Crippen LogP contribution is -2.43. The lowest BCUT2D eigenvalue weighted by molar-refractivity contribution is -0.686. The third-order valence-corrected chi connectivity index (χ3v) is 6.36. The molecule has 3 heteroatoms. The zero-order chi connectivity index (χ0) is 15.3. The number of esters is 1. The molecular weight excluding hydrogens is 262 g/mol. The predicted molar refractivity (Wildman–Crippen MR) is 80.5 cm³/mol. The van der Waals surface area contributed by atoms with Crippen molar-refractivity contribution in [1.29, 1.82) is 0 Å². The SMILES string of the molecule is Cc1cc[n+](CC(=O)O[C@@H]2C[C@@H]3CC[C@@]2(C)C3(C)C)cc1. The van der Waals surface area contributed by atoms with E-state index in [0.29, 0.717) is 12.5 Å². The second-order valence-electron chi connectivity index (χ2n) is 7.64. The molecule has 0 N–H and O–H groups in total. The van der Waals surface area contributed by atoms with E-state index < -0.39 is 0 Å². The van der Waals surface area contributed by atoms with E-state index in [4.69, 9.17) is 4.74 Å². The van der Waals surface area contributed by atoms with Crippen LogP contribution in [0.1, 0.15) is 45.6 Å². The Kier molecular flexibility index (Phi) is 3.34. The van der Waals surface area contributed by atoms with Crippen LogP contribution in [0.15, 0.2) is 24.5 Å². The zero-order valence-corrected chi connectivity index (χ0v) is 13.6. The van der Waals surface area contributed by atoms with Gasteiger partial charge in [0.15, 0.2) is 12.4 Å². The van der Waals surface area contributed by atoms with Gasteiger partial charge in [-0.25, -0.2) is 4.79 Å². The van der Waals surface area contributed by atoms with E-state index in [9.17, 15) is 4.79 Å². The second-order valence-corrected chi connectivity index (χ2v) is 7.64. The van der Waals surface area contributed by atoms with Gasteiger partial charge in [-0.1, -0.05) is 20.8 Å². The molecule has 0 unspecified atom stereocenters. The van der Waals surface area contributed by atoms with Crippen LogP contribution >= 0.6 is 0 Å². The summed E-state index contributed by atoms with van der Waals surface area (Å²) in [5, 5.41) is 0. The summed E-state index contributed by atoms with van der Waals surface area (Å²) in [5.41, 5.74) is 1.63. The Hall–Kier alpha value is -1.38. The smallest absolute Gasteiger partial charge is 0.372 e. The van der Waals surface area contributed by atoms with Crippen LogP contribution in [-0.4, -0.2) is 12.1 Å². The number of hydrogen-bond acceptors (Lipinski definition) is 2. The molecule has 2 aliphatic rings. The van der Waals surface area contributed by atoms with Gasteiger partial charge in [0, 0.05) is 17.5 Å². The molecule has 114 valence electrons. The van der Waals surface area contributed by atoms with E-state index in [0.717, 1.165) is 6.42 Å². The number of nitrogens with zero attached hydrogens (tertiary/aromatic N) is 1. The van der Waals surface area contributed by atoms with E-state index in [1.165, 1.54) is 18.4 Å². The Morgan fingerprint density at radius 1 is 1.33 bits per heavy atom. The molecular formula is C18H26NO2+. The number of hydrogen-bond donors (Lipinski definition) is 0. The van der Waals surface area contributed by atoms with Crippen LogP contribution in [0.3, 0.4) is 0 Å². The van der Waals surface area contributed by atoms with Gasteiger partial charge in [-0.3, -0.25) is 0 Å². The average Bonchev–Trinajstić information content (AvgIpc) is 2.74. The van der Waals surface area contributed by atoms with Crippen molar-refractivity contribution in [3.63, 3.8) is 0 Å². The number of rotatable bonds is 3. The van der Waals surface area contributed by atoms with Gasteiger partial charge in [0.05, 0.1) is 0 Å². The van der Waals surface area contributed by atoms with E-state index >= 15 is 0 Å². The molecule has 2 aliphatic carbocycles. The first-order valence-electron chi connectivity index (χ1n) is 7.98. The van der Waals surface area contributed by atoms with Crippen LogP contribution in [0.5, 0.6) is 0 Å². The maximum Gasteiger partial charge on any atom is 0.372 e. The number of carbonyl (C=O) groups excluding carboxylic acids is 1. The minimum atomic E-state index is -0.113. The molecule has 3 nitrogen and oxygen atoms in total. The normalized spacial score (nSPS) is 33.1. The van der Waals surface area contributed by atoms with Crippen LogP contribution in [0.4, 0.5) is 0 Å². The summed E-state index contributed by atoms with van der Waals surface area (Å²) in [6.07, 6.45) is 7.45. The first-order valence-corrected chi connectivity index (χ1v) is 7.98. The highest BCUT2D eigenvalue weighted by Gasteiger charge is 2.62. The third kappa shape index (κ3) is 2.27. The van der Waals surface area contributed by atoms with Crippen molar-refractivity contribution in [2.24, 2.45) is 16.7 Å². The Morgan fingerprint density at radius 3 is 2.52 bits per heavy atom. The Bertz CT molecular complexity index is 549. The quantitative estimate of drug-likeness (QED) is 0.632. The van der Waals surface area contributed by atoms with Gasteiger partial charge in [0.25, 0.3) is 0 Å². The highest BCUT2D eigenvalue weighted by molar-refractivity contribution is 5.68. The van der Waals surface area contributed by atoms with Gasteiger partial charge >= 0.3 is 5.97 Å². The maximum atomic E-state index is 12.2. The number of ether oxygens (including phenoxy) is 1. The number of aromatic nitrogens is 1. The average molecular weight is 288 g/mol. The van der Waals surface area contributed by atoms with E-state index in [1.807, 2.05) is 36.0 Å². The fraction of sp³-hybridized carbons (Fsp3) is 0.667. The summed E-state index contributed by atoms with van der Waals surface area (Å²) in [6.45, 7) is 9.33. The molecule has 21 heavy (non-hydrogen) atoms. The lowest BCUT2D eigenvalue weighted by Gasteiger charge is -2.38.